The molecule has 0 atom stereocenters. The van der Waals surface area contributed by atoms with Crippen molar-refractivity contribution in [1.82, 2.24) is 9.99 Å². The Morgan fingerprint density at radius 1 is 1.03 bits per heavy atom. The van der Waals surface area contributed by atoms with Crippen LogP contribution in [0.3, 0.4) is 0 Å². The van der Waals surface area contributed by atoms with Gasteiger partial charge in [-0.25, -0.2) is 5.43 Å². The summed E-state index contributed by atoms with van der Waals surface area (Å²) in [6.07, 6.45) is 1.68. The molecule has 0 saturated heterocycles. The largest absolute Gasteiger partial charge is 0.483 e. The van der Waals surface area contributed by atoms with Crippen LogP contribution in [0.1, 0.15) is 53.4 Å². The molecule has 5 heteroatoms. The SMILES string of the molecule is Cc1ccc(-n2c(C)cc(/C=N/NC(=O)COc3cc(C)ccc3C(C)C)c2C)cc1. The molecule has 1 heterocycles. The zero-order valence-corrected chi connectivity index (χ0v) is 19.2. The molecule has 0 radical (unpaired) electrons. The maximum atomic E-state index is 12.2. The predicted octanol–water partition coefficient (Wildman–Crippen LogP) is 5.36. The maximum absolute atomic E-state index is 12.2. The van der Waals surface area contributed by atoms with Gasteiger partial charge in [0.05, 0.1) is 6.21 Å². The van der Waals surface area contributed by atoms with Crippen LogP contribution in [0.2, 0.25) is 0 Å². The normalized spacial score (nSPS) is 11.3. The van der Waals surface area contributed by atoms with E-state index in [1.165, 1.54) is 5.56 Å². The van der Waals surface area contributed by atoms with Crippen molar-refractivity contribution >= 4 is 12.1 Å². The van der Waals surface area contributed by atoms with Crippen molar-refractivity contribution < 1.29 is 9.53 Å². The number of rotatable bonds is 7. The molecule has 0 aliphatic carbocycles. The summed E-state index contributed by atoms with van der Waals surface area (Å²) in [6.45, 7) is 12.3. The lowest BCUT2D eigenvalue weighted by molar-refractivity contribution is -0.123. The van der Waals surface area contributed by atoms with Crippen LogP contribution in [-0.4, -0.2) is 23.3 Å². The van der Waals surface area contributed by atoms with Crippen LogP contribution in [0, 0.1) is 27.7 Å². The number of hydrogen-bond acceptors (Lipinski definition) is 3. The first kappa shape index (κ1) is 22.3. The predicted molar refractivity (Wildman–Crippen MR) is 126 cm³/mol. The summed E-state index contributed by atoms with van der Waals surface area (Å²) >= 11 is 0. The molecule has 1 N–H and O–H groups in total. The maximum Gasteiger partial charge on any atom is 0.277 e. The highest BCUT2D eigenvalue weighted by Gasteiger charge is 2.11. The Labute approximate surface area is 184 Å². The minimum atomic E-state index is -0.292. The Bertz CT molecular complexity index is 1090. The molecule has 0 aliphatic rings. The molecular formula is C26H31N3O2. The van der Waals surface area contributed by atoms with Crippen LogP contribution in [-0.2, 0) is 4.79 Å². The number of benzene rings is 2. The number of amides is 1. The van der Waals surface area contributed by atoms with Crippen LogP contribution in [0.5, 0.6) is 5.75 Å². The molecule has 2 aromatic carbocycles. The lowest BCUT2D eigenvalue weighted by Gasteiger charge is -2.14. The van der Waals surface area contributed by atoms with E-state index in [1.54, 1.807) is 6.21 Å². The van der Waals surface area contributed by atoms with Crippen LogP contribution in [0.4, 0.5) is 0 Å². The summed E-state index contributed by atoms with van der Waals surface area (Å²) < 4.78 is 7.95. The van der Waals surface area contributed by atoms with E-state index in [9.17, 15) is 4.79 Å². The Balaban J connectivity index is 1.64. The molecule has 0 unspecified atom stereocenters. The number of carbonyl (C=O) groups excluding carboxylic acids is 1. The minimum absolute atomic E-state index is 0.0805. The van der Waals surface area contributed by atoms with Gasteiger partial charge in [-0.05, 0) is 69.0 Å². The lowest BCUT2D eigenvalue weighted by atomic mass is 10.0. The van der Waals surface area contributed by atoms with Crippen LogP contribution >= 0.6 is 0 Å². The Morgan fingerprint density at radius 2 is 1.71 bits per heavy atom. The van der Waals surface area contributed by atoms with Gasteiger partial charge < -0.3 is 9.30 Å². The second-order valence-electron chi connectivity index (χ2n) is 8.28. The fourth-order valence-corrected chi connectivity index (χ4v) is 3.60. The summed E-state index contributed by atoms with van der Waals surface area (Å²) in [6, 6.07) is 16.5. The molecule has 0 saturated carbocycles. The first-order valence-electron chi connectivity index (χ1n) is 10.6. The lowest BCUT2D eigenvalue weighted by Crippen LogP contribution is -2.25. The molecule has 0 fully saturated rings. The van der Waals surface area contributed by atoms with Crippen molar-refractivity contribution in [2.24, 2.45) is 5.10 Å². The second kappa shape index (κ2) is 9.65. The fraction of sp³-hybridized carbons (Fsp3) is 0.308. The summed E-state index contributed by atoms with van der Waals surface area (Å²) in [7, 11) is 0. The average Bonchev–Trinajstić information content (AvgIpc) is 3.00. The Kier molecular flexibility index (Phi) is 6.95. The zero-order chi connectivity index (χ0) is 22.5. The monoisotopic (exact) mass is 417 g/mol. The quantitative estimate of drug-likeness (QED) is 0.415. The molecule has 5 nitrogen and oxygen atoms in total. The summed E-state index contributed by atoms with van der Waals surface area (Å²) in [5.41, 5.74) is 10.2. The molecule has 0 aliphatic heterocycles. The number of hydrazone groups is 1. The first-order valence-corrected chi connectivity index (χ1v) is 10.6. The van der Waals surface area contributed by atoms with Gasteiger partial charge in [0.25, 0.3) is 5.91 Å². The van der Waals surface area contributed by atoms with Crippen molar-refractivity contribution in [1.29, 1.82) is 0 Å². The number of nitrogens with one attached hydrogen (secondary N) is 1. The number of nitrogens with zero attached hydrogens (tertiary/aromatic N) is 2. The number of aryl methyl sites for hydroxylation is 3. The van der Waals surface area contributed by atoms with Gasteiger partial charge in [0.1, 0.15) is 5.75 Å². The van der Waals surface area contributed by atoms with E-state index in [1.807, 2.05) is 19.9 Å². The third-order valence-electron chi connectivity index (χ3n) is 5.31. The van der Waals surface area contributed by atoms with Gasteiger partial charge in [-0.15, -0.1) is 0 Å². The van der Waals surface area contributed by atoms with Crippen molar-refractivity contribution in [2.75, 3.05) is 6.61 Å². The second-order valence-corrected chi connectivity index (χ2v) is 8.28. The Hall–Kier alpha value is -3.34. The number of aromatic nitrogens is 1. The van der Waals surface area contributed by atoms with E-state index in [0.29, 0.717) is 5.92 Å². The van der Waals surface area contributed by atoms with Crippen molar-refractivity contribution in [3.63, 3.8) is 0 Å². The third kappa shape index (κ3) is 5.43. The standard InChI is InChI=1S/C26H31N3O2/c1-17(2)24-12-9-19(4)13-25(24)31-16-26(30)28-27-15-22-14-20(5)29(21(22)6)23-10-7-18(3)8-11-23/h7-15,17H,16H2,1-6H3,(H,28,30)/b27-15+. The number of carbonyl (C=O) groups is 1. The molecule has 0 spiro atoms. The van der Waals surface area contributed by atoms with Gasteiger partial charge in [0.15, 0.2) is 6.61 Å². The molecular weight excluding hydrogens is 386 g/mol. The van der Waals surface area contributed by atoms with E-state index < -0.39 is 0 Å². The van der Waals surface area contributed by atoms with Gasteiger partial charge in [-0.3, -0.25) is 4.79 Å². The number of hydrogen-bond donors (Lipinski definition) is 1. The van der Waals surface area contributed by atoms with Gasteiger partial charge >= 0.3 is 0 Å². The summed E-state index contributed by atoms with van der Waals surface area (Å²) in [5, 5.41) is 4.13. The van der Waals surface area contributed by atoms with Gasteiger partial charge in [-0.2, -0.15) is 5.10 Å². The van der Waals surface area contributed by atoms with Crippen molar-refractivity contribution in [3.8, 4) is 11.4 Å². The van der Waals surface area contributed by atoms with Crippen LogP contribution in [0.25, 0.3) is 5.69 Å². The molecule has 1 amide bonds. The van der Waals surface area contributed by atoms with E-state index in [-0.39, 0.29) is 12.5 Å². The van der Waals surface area contributed by atoms with Gasteiger partial charge in [0, 0.05) is 22.6 Å². The van der Waals surface area contributed by atoms with Gasteiger partial charge in [0.2, 0.25) is 0 Å². The molecule has 1 aromatic heterocycles. The summed E-state index contributed by atoms with van der Waals surface area (Å²) in [5.74, 6) is 0.774. The zero-order valence-electron chi connectivity index (χ0n) is 19.2. The van der Waals surface area contributed by atoms with E-state index in [4.69, 9.17) is 4.74 Å². The average molecular weight is 418 g/mol. The minimum Gasteiger partial charge on any atom is -0.483 e. The third-order valence-corrected chi connectivity index (χ3v) is 5.31. The molecule has 3 rings (SSSR count). The van der Waals surface area contributed by atoms with E-state index in [2.05, 4.69) is 85.3 Å². The number of ether oxygens (including phenoxy) is 1. The van der Waals surface area contributed by atoms with Crippen molar-refractivity contribution in [2.45, 2.75) is 47.5 Å². The highest BCUT2D eigenvalue weighted by atomic mass is 16.5. The van der Waals surface area contributed by atoms with Crippen LogP contribution in [0.15, 0.2) is 53.6 Å². The van der Waals surface area contributed by atoms with E-state index >= 15 is 0 Å². The highest BCUT2D eigenvalue weighted by Crippen LogP contribution is 2.27. The topological polar surface area (TPSA) is 55.6 Å². The molecule has 3 aromatic rings. The molecule has 31 heavy (non-hydrogen) atoms. The first-order chi connectivity index (χ1) is 14.8. The Morgan fingerprint density at radius 3 is 2.39 bits per heavy atom. The molecule has 0 bridgehead atoms. The highest BCUT2D eigenvalue weighted by molar-refractivity contribution is 5.84. The van der Waals surface area contributed by atoms with Crippen LogP contribution < -0.4 is 10.2 Å². The smallest absolute Gasteiger partial charge is 0.277 e. The fourth-order valence-electron chi connectivity index (χ4n) is 3.60. The van der Waals surface area contributed by atoms with Gasteiger partial charge in [-0.1, -0.05) is 43.7 Å². The van der Waals surface area contributed by atoms with Crippen molar-refractivity contribution in [3.05, 3.63) is 82.2 Å². The summed E-state index contributed by atoms with van der Waals surface area (Å²) in [4.78, 5) is 12.2. The molecule has 162 valence electrons. The van der Waals surface area contributed by atoms with E-state index in [0.717, 1.165) is 39.5 Å².